The molecule has 16 heavy (non-hydrogen) atoms. The van der Waals surface area contributed by atoms with E-state index in [-0.39, 0.29) is 12.4 Å². The molecule has 0 aromatic heterocycles. The zero-order valence-corrected chi connectivity index (χ0v) is 9.32. The summed E-state index contributed by atoms with van der Waals surface area (Å²) in [5, 5.41) is 2.94. The second-order valence-corrected chi connectivity index (χ2v) is 3.44. The molecule has 0 aliphatic heterocycles. The van der Waals surface area contributed by atoms with E-state index in [0.717, 1.165) is 5.56 Å². The summed E-state index contributed by atoms with van der Waals surface area (Å²) in [5.74, 6) is 0.0535. The highest BCUT2D eigenvalue weighted by Gasteiger charge is 2.00. The van der Waals surface area contributed by atoms with Gasteiger partial charge in [0.05, 0.1) is 13.2 Å². The molecule has 0 radical (unpaired) electrons. The molecule has 1 aromatic rings. The van der Waals surface area contributed by atoms with Gasteiger partial charge in [-0.2, -0.15) is 0 Å². The Labute approximate surface area is 96.1 Å². The summed E-state index contributed by atoms with van der Waals surface area (Å²) in [7, 11) is 0. The molecule has 0 fully saturated rings. The van der Waals surface area contributed by atoms with Gasteiger partial charge in [0.1, 0.15) is 6.61 Å². The van der Waals surface area contributed by atoms with Crippen LogP contribution in [-0.2, 0) is 16.1 Å². The van der Waals surface area contributed by atoms with Crippen LogP contribution in [0, 0.1) is 0 Å². The van der Waals surface area contributed by atoms with Gasteiger partial charge >= 0.3 is 0 Å². The lowest BCUT2D eigenvalue weighted by Gasteiger charge is -2.04. The van der Waals surface area contributed by atoms with Crippen molar-refractivity contribution < 1.29 is 9.53 Å². The summed E-state index contributed by atoms with van der Waals surface area (Å²) in [4.78, 5) is 11.3. The fraction of sp³-hybridized carbons (Fsp3) is 0.308. The summed E-state index contributed by atoms with van der Waals surface area (Å²) < 4.78 is 5.30. The monoisotopic (exact) mass is 219 g/mol. The van der Waals surface area contributed by atoms with Crippen molar-refractivity contribution in [1.29, 1.82) is 0 Å². The van der Waals surface area contributed by atoms with Gasteiger partial charge in [-0.3, -0.25) is 4.79 Å². The third-order valence-corrected chi connectivity index (χ3v) is 1.99. The average Bonchev–Trinajstić information content (AvgIpc) is 2.31. The van der Waals surface area contributed by atoms with Crippen LogP contribution >= 0.6 is 0 Å². The second kappa shape index (κ2) is 7.79. The minimum atomic E-state index is 0.0535. The smallest absolute Gasteiger partial charge is 0.172 e. The number of nitrogens with one attached hydrogen (secondary N) is 1. The first-order valence-corrected chi connectivity index (χ1v) is 5.28. The van der Waals surface area contributed by atoms with Crippen LogP contribution in [0.2, 0.25) is 0 Å². The quantitative estimate of drug-likeness (QED) is 0.532. The summed E-state index contributed by atoms with van der Waals surface area (Å²) in [6, 6.07) is 9.80. The van der Waals surface area contributed by atoms with E-state index >= 15 is 0 Å². The largest absolute Gasteiger partial charge is 0.369 e. The number of benzene rings is 1. The molecule has 0 spiro atoms. The number of ketones is 1. The molecule has 0 amide bonds. The van der Waals surface area contributed by atoms with E-state index in [1.807, 2.05) is 30.3 Å². The van der Waals surface area contributed by atoms with Crippen molar-refractivity contribution in [2.45, 2.75) is 6.61 Å². The Morgan fingerprint density at radius 2 is 2.12 bits per heavy atom. The summed E-state index contributed by atoms with van der Waals surface area (Å²) in [5.41, 5.74) is 1.08. The number of carbonyl (C=O) groups excluding carboxylic acids is 1. The van der Waals surface area contributed by atoms with Crippen molar-refractivity contribution in [2.24, 2.45) is 0 Å². The number of ether oxygens (including phenoxy) is 1. The number of rotatable bonds is 8. The van der Waals surface area contributed by atoms with Crippen LogP contribution in [0.15, 0.2) is 43.0 Å². The van der Waals surface area contributed by atoms with Gasteiger partial charge in [0.2, 0.25) is 0 Å². The highest BCUT2D eigenvalue weighted by atomic mass is 16.5. The van der Waals surface area contributed by atoms with Crippen molar-refractivity contribution in [3.63, 3.8) is 0 Å². The number of carbonyl (C=O) groups is 1. The molecule has 0 aliphatic carbocycles. The van der Waals surface area contributed by atoms with Gasteiger partial charge in [0.25, 0.3) is 0 Å². The molecule has 0 saturated heterocycles. The molecule has 86 valence electrons. The van der Waals surface area contributed by atoms with E-state index in [9.17, 15) is 4.79 Å². The predicted octanol–water partition coefficient (Wildman–Crippen LogP) is 1.55. The van der Waals surface area contributed by atoms with Gasteiger partial charge in [-0.1, -0.05) is 36.4 Å². The molecule has 0 atom stereocenters. The van der Waals surface area contributed by atoms with Crippen LogP contribution in [0.25, 0.3) is 0 Å². The minimum Gasteiger partial charge on any atom is -0.369 e. The lowest BCUT2D eigenvalue weighted by atomic mass is 10.2. The van der Waals surface area contributed by atoms with Gasteiger partial charge in [-0.25, -0.2) is 0 Å². The molecule has 3 heteroatoms. The maximum Gasteiger partial charge on any atom is 0.172 e. The van der Waals surface area contributed by atoms with E-state index in [1.54, 1.807) is 6.08 Å². The van der Waals surface area contributed by atoms with Gasteiger partial charge in [-0.15, -0.1) is 6.58 Å². The van der Waals surface area contributed by atoms with Crippen LogP contribution in [0.5, 0.6) is 0 Å². The third kappa shape index (κ3) is 5.44. The van der Waals surface area contributed by atoms with Crippen molar-refractivity contribution in [2.75, 3.05) is 19.7 Å². The standard InChI is InChI=1S/C13H17NO2/c1-2-8-14-9-13(15)11-16-10-12-6-4-3-5-7-12/h2-7,14H,1,8-11H2. The van der Waals surface area contributed by atoms with E-state index in [1.165, 1.54) is 0 Å². The highest BCUT2D eigenvalue weighted by Crippen LogP contribution is 1.99. The average molecular weight is 219 g/mol. The van der Waals surface area contributed by atoms with E-state index in [0.29, 0.717) is 19.7 Å². The highest BCUT2D eigenvalue weighted by molar-refractivity contribution is 5.81. The van der Waals surface area contributed by atoms with Crippen molar-refractivity contribution >= 4 is 5.78 Å². The Morgan fingerprint density at radius 3 is 2.81 bits per heavy atom. The normalized spacial score (nSPS) is 10.0. The zero-order valence-electron chi connectivity index (χ0n) is 9.32. The minimum absolute atomic E-state index is 0.0535. The Morgan fingerprint density at radius 1 is 1.38 bits per heavy atom. The Balaban J connectivity index is 2.11. The number of hydrogen-bond donors (Lipinski definition) is 1. The van der Waals surface area contributed by atoms with Crippen molar-refractivity contribution in [3.05, 3.63) is 48.6 Å². The topological polar surface area (TPSA) is 38.3 Å². The molecule has 0 unspecified atom stereocenters. The van der Waals surface area contributed by atoms with Crippen LogP contribution in [0.1, 0.15) is 5.56 Å². The number of Topliss-reactive ketones (excluding diaryl/α,β-unsaturated/α-hetero) is 1. The van der Waals surface area contributed by atoms with Crippen molar-refractivity contribution in [3.8, 4) is 0 Å². The molecule has 0 bridgehead atoms. The van der Waals surface area contributed by atoms with Crippen LogP contribution in [0.3, 0.4) is 0 Å². The molecule has 0 aliphatic rings. The molecule has 3 nitrogen and oxygen atoms in total. The lowest BCUT2D eigenvalue weighted by molar-refractivity contribution is -0.123. The molecular weight excluding hydrogens is 202 g/mol. The van der Waals surface area contributed by atoms with E-state index in [2.05, 4.69) is 11.9 Å². The second-order valence-electron chi connectivity index (χ2n) is 3.44. The molecule has 1 rings (SSSR count). The van der Waals surface area contributed by atoms with Gasteiger partial charge in [0, 0.05) is 6.54 Å². The molecule has 0 heterocycles. The SMILES string of the molecule is C=CCNCC(=O)COCc1ccccc1. The maximum atomic E-state index is 11.3. The number of hydrogen-bond acceptors (Lipinski definition) is 3. The van der Waals surface area contributed by atoms with Crippen molar-refractivity contribution in [1.82, 2.24) is 5.32 Å². The lowest BCUT2D eigenvalue weighted by Crippen LogP contribution is -2.26. The van der Waals surface area contributed by atoms with Gasteiger partial charge in [-0.05, 0) is 5.56 Å². The maximum absolute atomic E-state index is 11.3. The first-order chi connectivity index (χ1) is 7.83. The van der Waals surface area contributed by atoms with Gasteiger partial charge < -0.3 is 10.1 Å². The van der Waals surface area contributed by atoms with Crippen LogP contribution < -0.4 is 5.32 Å². The first-order valence-electron chi connectivity index (χ1n) is 5.28. The van der Waals surface area contributed by atoms with Crippen LogP contribution in [0.4, 0.5) is 0 Å². The molecule has 0 saturated carbocycles. The van der Waals surface area contributed by atoms with Crippen LogP contribution in [-0.4, -0.2) is 25.5 Å². The Hall–Kier alpha value is -1.45. The molecule has 1 aromatic carbocycles. The Bertz CT molecular complexity index is 322. The summed E-state index contributed by atoms with van der Waals surface area (Å²) >= 11 is 0. The fourth-order valence-electron chi connectivity index (χ4n) is 1.22. The summed E-state index contributed by atoms with van der Waals surface area (Å²) in [6.07, 6.45) is 1.72. The van der Waals surface area contributed by atoms with E-state index in [4.69, 9.17) is 4.74 Å². The fourth-order valence-corrected chi connectivity index (χ4v) is 1.22. The third-order valence-electron chi connectivity index (χ3n) is 1.99. The summed E-state index contributed by atoms with van der Waals surface area (Å²) in [6.45, 7) is 5.16. The predicted molar refractivity (Wildman–Crippen MR) is 64.2 cm³/mol. The van der Waals surface area contributed by atoms with E-state index < -0.39 is 0 Å². The zero-order chi connectivity index (χ0) is 11.6. The Kier molecular flexibility index (Phi) is 6.15. The molecule has 1 N–H and O–H groups in total. The van der Waals surface area contributed by atoms with Gasteiger partial charge in [0.15, 0.2) is 5.78 Å². The molecular formula is C13H17NO2. The first kappa shape index (κ1) is 12.6.